The zero-order valence-corrected chi connectivity index (χ0v) is 21.2. The van der Waals surface area contributed by atoms with Crippen LogP contribution < -0.4 is 14.2 Å². The van der Waals surface area contributed by atoms with E-state index in [4.69, 9.17) is 30.5 Å². The number of esters is 1. The molecule has 0 bridgehead atoms. The SMILES string of the molecule is CCOC(=O)COc1ccc(SCCC(C)Oc2ccc(Cl)cc2Oc2ccccc2)cc1C. The van der Waals surface area contributed by atoms with Crippen molar-refractivity contribution in [1.82, 2.24) is 0 Å². The number of benzene rings is 3. The fourth-order valence-electron chi connectivity index (χ4n) is 3.11. The Morgan fingerprint density at radius 1 is 1.00 bits per heavy atom. The topological polar surface area (TPSA) is 54.0 Å². The summed E-state index contributed by atoms with van der Waals surface area (Å²) in [4.78, 5) is 12.6. The summed E-state index contributed by atoms with van der Waals surface area (Å²) in [5.74, 6) is 3.17. The van der Waals surface area contributed by atoms with Gasteiger partial charge in [-0.1, -0.05) is 29.8 Å². The molecule has 0 aliphatic carbocycles. The molecular formula is C27H29ClO5S. The predicted octanol–water partition coefficient (Wildman–Crippen LogP) is 7.33. The Labute approximate surface area is 210 Å². The van der Waals surface area contributed by atoms with Crippen molar-refractivity contribution in [2.75, 3.05) is 19.0 Å². The van der Waals surface area contributed by atoms with E-state index in [0.29, 0.717) is 28.9 Å². The molecule has 0 fully saturated rings. The van der Waals surface area contributed by atoms with E-state index in [1.165, 1.54) is 0 Å². The van der Waals surface area contributed by atoms with Gasteiger partial charge in [0, 0.05) is 21.7 Å². The molecule has 7 heteroatoms. The fourth-order valence-corrected chi connectivity index (χ4v) is 4.38. The van der Waals surface area contributed by atoms with E-state index in [1.54, 1.807) is 30.8 Å². The summed E-state index contributed by atoms with van der Waals surface area (Å²) in [6.45, 7) is 6.03. The average Bonchev–Trinajstić information content (AvgIpc) is 2.81. The van der Waals surface area contributed by atoms with Gasteiger partial charge in [-0.25, -0.2) is 4.79 Å². The van der Waals surface area contributed by atoms with Crippen molar-refractivity contribution in [3.8, 4) is 23.0 Å². The number of para-hydroxylation sites is 1. The Balaban J connectivity index is 1.50. The highest BCUT2D eigenvalue weighted by Gasteiger charge is 2.12. The number of hydrogen-bond acceptors (Lipinski definition) is 6. The lowest BCUT2D eigenvalue weighted by atomic mass is 10.2. The first kappa shape index (κ1) is 25.8. The number of halogens is 1. The van der Waals surface area contributed by atoms with Gasteiger partial charge in [-0.05, 0) is 75.2 Å². The van der Waals surface area contributed by atoms with E-state index >= 15 is 0 Å². The van der Waals surface area contributed by atoms with Crippen LogP contribution in [0.3, 0.4) is 0 Å². The van der Waals surface area contributed by atoms with Crippen molar-refractivity contribution in [3.63, 3.8) is 0 Å². The van der Waals surface area contributed by atoms with Crippen LogP contribution in [-0.4, -0.2) is 31.0 Å². The van der Waals surface area contributed by atoms with Crippen molar-refractivity contribution in [1.29, 1.82) is 0 Å². The zero-order valence-electron chi connectivity index (χ0n) is 19.6. The van der Waals surface area contributed by atoms with E-state index < -0.39 is 0 Å². The standard InChI is InChI=1S/C27H29ClO5S/c1-4-30-27(29)18-31-24-13-11-23(16-19(24)2)34-15-14-20(3)32-25-12-10-21(28)17-26(25)33-22-8-6-5-7-9-22/h5-13,16-17,20H,4,14-15,18H2,1-3H3. The molecule has 1 atom stereocenters. The third kappa shape index (κ3) is 8.19. The van der Waals surface area contributed by atoms with Gasteiger partial charge in [-0.2, -0.15) is 0 Å². The Hall–Kier alpha value is -2.83. The zero-order chi connectivity index (χ0) is 24.3. The van der Waals surface area contributed by atoms with Crippen LogP contribution in [0.4, 0.5) is 0 Å². The van der Waals surface area contributed by atoms with Gasteiger partial charge in [-0.3, -0.25) is 0 Å². The molecule has 0 aromatic heterocycles. The van der Waals surface area contributed by atoms with Gasteiger partial charge in [0.15, 0.2) is 18.1 Å². The first-order valence-electron chi connectivity index (χ1n) is 11.2. The van der Waals surface area contributed by atoms with Crippen LogP contribution in [0.1, 0.15) is 25.8 Å². The highest BCUT2D eigenvalue weighted by molar-refractivity contribution is 7.99. The average molecular weight is 501 g/mol. The molecule has 3 rings (SSSR count). The minimum absolute atomic E-state index is 0.0138. The number of carbonyl (C=O) groups is 1. The monoisotopic (exact) mass is 500 g/mol. The smallest absolute Gasteiger partial charge is 0.344 e. The molecule has 0 amide bonds. The quantitative estimate of drug-likeness (QED) is 0.191. The number of rotatable bonds is 12. The maximum atomic E-state index is 11.5. The van der Waals surface area contributed by atoms with Gasteiger partial charge in [0.05, 0.1) is 12.7 Å². The summed E-state index contributed by atoms with van der Waals surface area (Å²) in [6, 6.07) is 20.9. The molecule has 3 aromatic carbocycles. The number of hydrogen-bond donors (Lipinski definition) is 0. The molecule has 0 heterocycles. The molecule has 0 aliphatic rings. The van der Waals surface area contributed by atoms with Gasteiger partial charge in [-0.15, -0.1) is 11.8 Å². The number of aryl methyl sites for hydroxylation is 1. The van der Waals surface area contributed by atoms with Crippen molar-refractivity contribution < 1.29 is 23.7 Å². The molecule has 34 heavy (non-hydrogen) atoms. The van der Waals surface area contributed by atoms with Crippen LogP contribution in [0.2, 0.25) is 5.02 Å². The highest BCUT2D eigenvalue weighted by atomic mass is 35.5. The van der Waals surface area contributed by atoms with E-state index in [0.717, 1.165) is 28.4 Å². The normalized spacial score (nSPS) is 11.5. The van der Waals surface area contributed by atoms with Crippen LogP contribution in [0, 0.1) is 6.92 Å². The second kappa shape index (κ2) is 13.2. The van der Waals surface area contributed by atoms with Crippen LogP contribution in [0.15, 0.2) is 71.6 Å². The molecule has 0 spiro atoms. The Kier molecular flexibility index (Phi) is 9.98. The van der Waals surface area contributed by atoms with Crippen molar-refractivity contribution in [3.05, 3.63) is 77.3 Å². The molecule has 0 aliphatic heterocycles. The number of thioether (sulfide) groups is 1. The molecule has 180 valence electrons. The lowest BCUT2D eigenvalue weighted by Gasteiger charge is -2.18. The molecule has 3 aromatic rings. The van der Waals surface area contributed by atoms with E-state index in [-0.39, 0.29) is 18.7 Å². The third-order valence-electron chi connectivity index (χ3n) is 4.80. The molecular weight excluding hydrogens is 472 g/mol. The maximum Gasteiger partial charge on any atom is 0.344 e. The minimum Gasteiger partial charge on any atom is -0.487 e. The summed E-state index contributed by atoms with van der Waals surface area (Å²) in [6.07, 6.45) is 0.832. The Bertz CT molecular complexity index is 1070. The summed E-state index contributed by atoms with van der Waals surface area (Å²) < 4.78 is 22.6. The maximum absolute atomic E-state index is 11.5. The second-order valence-electron chi connectivity index (χ2n) is 7.59. The molecule has 0 saturated heterocycles. The summed E-state index contributed by atoms with van der Waals surface area (Å²) in [5.41, 5.74) is 0.975. The van der Waals surface area contributed by atoms with Gasteiger partial charge in [0.1, 0.15) is 11.5 Å². The van der Waals surface area contributed by atoms with Crippen LogP contribution in [0.25, 0.3) is 0 Å². The number of carbonyl (C=O) groups excluding carboxylic acids is 1. The molecule has 1 unspecified atom stereocenters. The van der Waals surface area contributed by atoms with Crippen LogP contribution in [-0.2, 0) is 9.53 Å². The molecule has 0 saturated carbocycles. The third-order valence-corrected chi connectivity index (χ3v) is 6.06. The van der Waals surface area contributed by atoms with Crippen LogP contribution >= 0.6 is 23.4 Å². The lowest BCUT2D eigenvalue weighted by Crippen LogP contribution is -2.15. The fraction of sp³-hybridized carbons (Fsp3) is 0.296. The van der Waals surface area contributed by atoms with Crippen LogP contribution in [0.5, 0.6) is 23.0 Å². The summed E-state index contributed by atoms with van der Waals surface area (Å²) in [7, 11) is 0. The largest absolute Gasteiger partial charge is 0.487 e. The highest BCUT2D eigenvalue weighted by Crippen LogP contribution is 2.35. The van der Waals surface area contributed by atoms with Gasteiger partial charge >= 0.3 is 5.97 Å². The molecule has 0 N–H and O–H groups in total. The molecule has 5 nitrogen and oxygen atoms in total. The molecule has 0 radical (unpaired) electrons. The van der Waals surface area contributed by atoms with Gasteiger partial charge in [0.25, 0.3) is 0 Å². The Morgan fingerprint density at radius 2 is 1.76 bits per heavy atom. The number of ether oxygens (including phenoxy) is 4. The first-order valence-corrected chi connectivity index (χ1v) is 12.5. The van der Waals surface area contributed by atoms with E-state index in [1.807, 2.05) is 62.4 Å². The summed E-state index contributed by atoms with van der Waals surface area (Å²) in [5, 5.41) is 0.589. The van der Waals surface area contributed by atoms with Crippen molar-refractivity contribution >= 4 is 29.3 Å². The lowest BCUT2D eigenvalue weighted by molar-refractivity contribution is -0.145. The van der Waals surface area contributed by atoms with E-state index in [9.17, 15) is 4.79 Å². The van der Waals surface area contributed by atoms with Gasteiger partial charge < -0.3 is 18.9 Å². The summed E-state index contributed by atoms with van der Waals surface area (Å²) >= 11 is 7.92. The Morgan fingerprint density at radius 3 is 2.50 bits per heavy atom. The van der Waals surface area contributed by atoms with E-state index in [2.05, 4.69) is 6.07 Å². The second-order valence-corrected chi connectivity index (χ2v) is 9.20. The minimum atomic E-state index is -0.368. The van der Waals surface area contributed by atoms with Crippen molar-refractivity contribution in [2.45, 2.75) is 38.2 Å². The predicted molar refractivity (Wildman–Crippen MR) is 137 cm³/mol. The first-order chi connectivity index (χ1) is 16.4. The van der Waals surface area contributed by atoms with Gasteiger partial charge in [0.2, 0.25) is 0 Å². The van der Waals surface area contributed by atoms with Crippen molar-refractivity contribution in [2.24, 2.45) is 0 Å².